The first kappa shape index (κ1) is 18.2. The summed E-state index contributed by atoms with van der Waals surface area (Å²) in [5.74, 6) is -0.0498. The lowest BCUT2D eigenvalue weighted by atomic mass is 10.0. The van der Waals surface area contributed by atoms with Crippen molar-refractivity contribution in [2.45, 2.75) is 33.7 Å². The highest BCUT2D eigenvalue weighted by Gasteiger charge is 2.21. The SMILES string of the molecule is CCN(CC)C(CNC(=O)c1c(C)nn(C)c1C)c1ccccc1. The van der Waals surface area contributed by atoms with Gasteiger partial charge in [-0.1, -0.05) is 44.2 Å². The fourth-order valence-electron chi connectivity index (χ4n) is 3.18. The van der Waals surface area contributed by atoms with Crippen molar-refractivity contribution in [3.63, 3.8) is 0 Å². The number of aryl methyl sites for hydroxylation is 2. The van der Waals surface area contributed by atoms with Gasteiger partial charge >= 0.3 is 0 Å². The average Bonchev–Trinajstić information content (AvgIpc) is 2.84. The smallest absolute Gasteiger partial charge is 0.255 e. The van der Waals surface area contributed by atoms with Crippen LogP contribution < -0.4 is 5.32 Å². The van der Waals surface area contributed by atoms with E-state index in [2.05, 4.69) is 41.3 Å². The molecule has 0 spiro atoms. The maximum absolute atomic E-state index is 12.7. The summed E-state index contributed by atoms with van der Waals surface area (Å²) in [5, 5.41) is 7.44. The fourth-order valence-corrected chi connectivity index (χ4v) is 3.18. The Labute approximate surface area is 144 Å². The Morgan fingerprint density at radius 2 is 1.83 bits per heavy atom. The first-order valence-corrected chi connectivity index (χ1v) is 8.56. The standard InChI is InChI=1S/C19H28N4O/c1-6-23(7-2)17(16-11-9-8-10-12-16)13-20-19(24)18-14(3)21-22(5)15(18)4/h8-12,17H,6-7,13H2,1-5H3,(H,20,24). The minimum atomic E-state index is -0.0498. The molecule has 1 atom stereocenters. The number of carbonyl (C=O) groups is 1. The average molecular weight is 328 g/mol. The van der Waals surface area contributed by atoms with Gasteiger partial charge in [0.15, 0.2) is 0 Å². The summed E-state index contributed by atoms with van der Waals surface area (Å²) in [7, 11) is 1.86. The van der Waals surface area contributed by atoms with Crippen LogP contribution in [0.3, 0.4) is 0 Å². The number of hydrogen-bond acceptors (Lipinski definition) is 3. The third-order valence-electron chi connectivity index (χ3n) is 4.63. The third-order valence-corrected chi connectivity index (χ3v) is 4.63. The van der Waals surface area contributed by atoms with E-state index in [1.54, 1.807) is 4.68 Å². The van der Waals surface area contributed by atoms with Crippen molar-refractivity contribution in [3.8, 4) is 0 Å². The van der Waals surface area contributed by atoms with E-state index < -0.39 is 0 Å². The Bertz CT molecular complexity index is 674. The molecule has 0 aliphatic rings. The number of hydrogen-bond donors (Lipinski definition) is 1. The van der Waals surface area contributed by atoms with Gasteiger partial charge in [0.25, 0.3) is 5.91 Å². The Kier molecular flexibility index (Phi) is 6.15. The van der Waals surface area contributed by atoms with Gasteiger partial charge in [-0.25, -0.2) is 0 Å². The predicted octanol–water partition coefficient (Wildman–Crippen LogP) is 2.85. The quantitative estimate of drug-likeness (QED) is 0.850. The molecular weight excluding hydrogens is 300 g/mol. The van der Waals surface area contributed by atoms with Crippen LogP contribution in [0.15, 0.2) is 30.3 Å². The van der Waals surface area contributed by atoms with E-state index in [1.165, 1.54) is 5.56 Å². The number of carbonyl (C=O) groups excluding carboxylic acids is 1. The lowest BCUT2D eigenvalue weighted by molar-refractivity contribution is 0.0933. The topological polar surface area (TPSA) is 50.2 Å². The van der Waals surface area contributed by atoms with Crippen LogP contribution in [0.2, 0.25) is 0 Å². The van der Waals surface area contributed by atoms with Crippen molar-refractivity contribution in [1.82, 2.24) is 20.0 Å². The molecule has 0 radical (unpaired) electrons. The Morgan fingerprint density at radius 3 is 2.33 bits per heavy atom. The molecule has 130 valence electrons. The highest BCUT2D eigenvalue weighted by Crippen LogP contribution is 2.20. The van der Waals surface area contributed by atoms with Crippen LogP contribution in [0.5, 0.6) is 0 Å². The molecule has 1 amide bonds. The van der Waals surface area contributed by atoms with E-state index in [4.69, 9.17) is 0 Å². The molecule has 1 aromatic heterocycles. The second kappa shape index (κ2) is 8.11. The van der Waals surface area contributed by atoms with E-state index in [0.717, 1.165) is 24.5 Å². The molecule has 0 fully saturated rings. The van der Waals surface area contributed by atoms with Crippen molar-refractivity contribution in [1.29, 1.82) is 0 Å². The largest absolute Gasteiger partial charge is 0.350 e. The summed E-state index contributed by atoms with van der Waals surface area (Å²) < 4.78 is 1.75. The summed E-state index contributed by atoms with van der Waals surface area (Å²) in [6.07, 6.45) is 0. The molecule has 1 N–H and O–H groups in total. The van der Waals surface area contributed by atoms with Crippen molar-refractivity contribution >= 4 is 5.91 Å². The summed E-state index contributed by atoms with van der Waals surface area (Å²) in [4.78, 5) is 15.0. The molecule has 2 rings (SSSR count). The maximum Gasteiger partial charge on any atom is 0.255 e. The molecule has 24 heavy (non-hydrogen) atoms. The van der Waals surface area contributed by atoms with Crippen molar-refractivity contribution < 1.29 is 4.79 Å². The highest BCUT2D eigenvalue weighted by molar-refractivity contribution is 5.96. The van der Waals surface area contributed by atoms with Gasteiger partial charge in [-0.15, -0.1) is 0 Å². The first-order chi connectivity index (χ1) is 11.5. The van der Waals surface area contributed by atoms with Gasteiger partial charge in [0, 0.05) is 19.3 Å². The van der Waals surface area contributed by atoms with Gasteiger partial charge < -0.3 is 5.32 Å². The molecule has 0 saturated carbocycles. The minimum absolute atomic E-state index is 0.0498. The normalized spacial score (nSPS) is 12.4. The number of rotatable bonds is 7. The van der Waals surface area contributed by atoms with Crippen molar-refractivity contribution in [3.05, 3.63) is 52.8 Å². The van der Waals surface area contributed by atoms with Crippen LogP contribution in [-0.4, -0.2) is 40.2 Å². The molecule has 1 heterocycles. The van der Waals surface area contributed by atoms with Crippen LogP contribution in [0.25, 0.3) is 0 Å². The molecule has 2 aromatic rings. The number of benzene rings is 1. The van der Waals surface area contributed by atoms with Crippen LogP contribution in [0.4, 0.5) is 0 Å². The zero-order valence-electron chi connectivity index (χ0n) is 15.3. The molecule has 0 bridgehead atoms. The van der Waals surface area contributed by atoms with Crippen molar-refractivity contribution in [2.75, 3.05) is 19.6 Å². The fraction of sp³-hybridized carbons (Fsp3) is 0.474. The zero-order valence-corrected chi connectivity index (χ0v) is 15.3. The maximum atomic E-state index is 12.7. The monoisotopic (exact) mass is 328 g/mol. The summed E-state index contributed by atoms with van der Waals surface area (Å²) in [6, 6.07) is 10.5. The van der Waals surface area contributed by atoms with Gasteiger partial charge in [-0.05, 0) is 32.5 Å². The lowest BCUT2D eigenvalue weighted by Crippen LogP contribution is -2.38. The van der Waals surface area contributed by atoms with Gasteiger partial charge in [-0.2, -0.15) is 5.10 Å². The number of nitrogens with one attached hydrogen (secondary N) is 1. The van der Waals surface area contributed by atoms with Gasteiger partial charge in [0.05, 0.1) is 17.3 Å². The summed E-state index contributed by atoms with van der Waals surface area (Å²) in [6.45, 7) is 10.6. The first-order valence-electron chi connectivity index (χ1n) is 8.56. The van der Waals surface area contributed by atoms with Crippen LogP contribution in [-0.2, 0) is 7.05 Å². The molecule has 0 aliphatic heterocycles. The number of aromatic nitrogens is 2. The number of nitrogens with zero attached hydrogens (tertiary/aromatic N) is 3. The van der Waals surface area contributed by atoms with Gasteiger partial charge in [-0.3, -0.25) is 14.4 Å². The molecule has 5 nitrogen and oxygen atoms in total. The highest BCUT2D eigenvalue weighted by atomic mass is 16.1. The number of likely N-dealkylation sites (N-methyl/N-ethyl adjacent to an activating group) is 1. The summed E-state index contributed by atoms with van der Waals surface area (Å²) >= 11 is 0. The molecule has 1 aromatic carbocycles. The second-order valence-corrected chi connectivity index (χ2v) is 6.03. The minimum Gasteiger partial charge on any atom is -0.350 e. The molecular formula is C19H28N4O. The Hall–Kier alpha value is -2.14. The van der Waals surface area contributed by atoms with E-state index in [-0.39, 0.29) is 11.9 Å². The molecule has 0 aliphatic carbocycles. The van der Waals surface area contributed by atoms with Crippen LogP contribution in [0, 0.1) is 13.8 Å². The molecule has 1 unspecified atom stereocenters. The molecule has 5 heteroatoms. The second-order valence-electron chi connectivity index (χ2n) is 6.03. The lowest BCUT2D eigenvalue weighted by Gasteiger charge is -2.30. The Balaban J connectivity index is 2.17. The van der Waals surface area contributed by atoms with E-state index in [1.807, 2.05) is 39.1 Å². The van der Waals surface area contributed by atoms with E-state index >= 15 is 0 Å². The van der Waals surface area contributed by atoms with E-state index in [9.17, 15) is 4.79 Å². The number of amides is 1. The van der Waals surface area contributed by atoms with Crippen LogP contribution in [0.1, 0.15) is 47.2 Å². The van der Waals surface area contributed by atoms with E-state index in [0.29, 0.717) is 12.1 Å². The Morgan fingerprint density at radius 1 is 1.21 bits per heavy atom. The van der Waals surface area contributed by atoms with Crippen LogP contribution >= 0.6 is 0 Å². The predicted molar refractivity (Wildman–Crippen MR) is 97.1 cm³/mol. The zero-order chi connectivity index (χ0) is 17.7. The third kappa shape index (κ3) is 3.85. The summed E-state index contributed by atoms with van der Waals surface area (Å²) in [5.41, 5.74) is 3.57. The van der Waals surface area contributed by atoms with Gasteiger partial charge in [0.2, 0.25) is 0 Å². The molecule has 0 saturated heterocycles. The van der Waals surface area contributed by atoms with Gasteiger partial charge in [0.1, 0.15) is 0 Å². The van der Waals surface area contributed by atoms with Crippen molar-refractivity contribution in [2.24, 2.45) is 7.05 Å².